The summed E-state index contributed by atoms with van der Waals surface area (Å²) in [5.74, 6) is 0.619. The van der Waals surface area contributed by atoms with Gasteiger partial charge in [0.05, 0.1) is 6.10 Å². The van der Waals surface area contributed by atoms with E-state index in [4.69, 9.17) is 4.43 Å². The van der Waals surface area contributed by atoms with E-state index in [2.05, 4.69) is 46.9 Å². The van der Waals surface area contributed by atoms with E-state index in [-0.39, 0.29) is 16.9 Å². The summed E-state index contributed by atoms with van der Waals surface area (Å²) < 4.78 is 6.47. The maximum absolute atomic E-state index is 11.8. The van der Waals surface area contributed by atoms with Gasteiger partial charge in [0.25, 0.3) is 0 Å². The van der Waals surface area contributed by atoms with Crippen molar-refractivity contribution in [2.24, 2.45) is 5.92 Å². The van der Waals surface area contributed by atoms with Gasteiger partial charge in [-0.15, -0.1) is 0 Å². The molecule has 0 aromatic rings. The van der Waals surface area contributed by atoms with E-state index < -0.39 is 8.32 Å². The fraction of sp³-hybridized carbons (Fsp3) is 0.800. The monoisotopic (exact) mass is 268 g/mol. The lowest BCUT2D eigenvalue weighted by Crippen LogP contribution is -2.45. The summed E-state index contributed by atoms with van der Waals surface area (Å²) >= 11 is 0. The molecule has 104 valence electrons. The van der Waals surface area contributed by atoms with Gasteiger partial charge < -0.3 is 4.43 Å². The third-order valence-electron chi connectivity index (χ3n) is 4.45. The molecule has 0 radical (unpaired) electrons. The predicted molar refractivity (Wildman–Crippen MR) is 79.2 cm³/mol. The van der Waals surface area contributed by atoms with E-state index in [0.29, 0.717) is 12.3 Å². The molecule has 1 aliphatic rings. The van der Waals surface area contributed by atoms with Gasteiger partial charge in [-0.25, -0.2) is 0 Å². The van der Waals surface area contributed by atoms with Gasteiger partial charge >= 0.3 is 0 Å². The molecule has 0 N–H and O–H groups in total. The van der Waals surface area contributed by atoms with Crippen LogP contribution in [0.1, 0.15) is 47.5 Å². The highest BCUT2D eigenvalue weighted by atomic mass is 28.4. The van der Waals surface area contributed by atoms with E-state index in [9.17, 15) is 4.79 Å². The highest BCUT2D eigenvalue weighted by molar-refractivity contribution is 6.74. The second-order valence-corrected chi connectivity index (χ2v) is 11.8. The Hall–Kier alpha value is -0.413. The first-order chi connectivity index (χ1) is 8.04. The molecular weight excluding hydrogens is 240 g/mol. The first-order valence-electron chi connectivity index (χ1n) is 6.94. The summed E-state index contributed by atoms with van der Waals surface area (Å²) in [6.45, 7) is 15.4. The van der Waals surface area contributed by atoms with Gasteiger partial charge in [-0.05, 0) is 43.0 Å². The van der Waals surface area contributed by atoms with Crippen LogP contribution in [0.4, 0.5) is 0 Å². The molecule has 0 fully saturated rings. The van der Waals surface area contributed by atoms with Crippen LogP contribution in [0.3, 0.4) is 0 Å². The molecule has 0 bridgehead atoms. The number of hydrogen-bond acceptors (Lipinski definition) is 2. The summed E-state index contributed by atoms with van der Waals surface area (Å²) in [7, 11) is -1.74. The molecule has 0 aromatic heterocycles. The topological polar surface area (TPSA) is 26.3 Å². The van der Waals surface area contributed by atoms with Crippen molar-refractivity contribution in [1.82, 2.24) is 0 Å². The number of ketones is 1. The number of rotatable bonds is 2. The van der Waals surface area contributed by atoms with E-state index in [1.165, 1.54) is 0 Å². The normalized spacial score (nSPS) is 26.8. The molecule has 0 unspecified atom stereocenters. The Balaban J connectivity index is 2.83. The van der Waals surface area contributed by atoms with E-state index in [1.54, 1.807) is 0 Å². The number of carbonyl (C=O) groups excluding carboxylic acids is 1. The Morgan fingerprint density at radius 2 is 1.89 bits per heavy atom. The summed E-state index contributed by atoms with van der Waals surface area (Å²) in [6.07, 6.45) is 3.78. The molecule has 0 aliphatic heterocycles. The fourth-order valence-electron chi connectivity index (χ4n) is 2.05. The van der Waals surface area contributed by atoms with Crippen molar-refractivity contribution >= 4 is 14.1 Å². The van der Waals surface area contributed by atoms with Gasteiger partial charge in [0, 0.05) is 6.42 Å². The van der Waals surface area contributed by atoms with Gasteiger partial charge in [-0.2, -0.15) is 0 Å². The molecule has 0 spiro atoms. The molecule has 2 atom stereocenters. The first-order valence-corrected chi connectivity index (χ1v) is 9.85. The minimum absolute atomic E-state index is 0.201. The lowest BCUT2D eigenvalue weighted by molar-refractivity contribution is -0.115. The molecular formula is C15H28O2Si. The van der Waals surface area contributed by atoms with Crippen molar-refractivity contribution in [2.45, 2.75) is 71.7 Å². The number of Topliss-reactive ketones (excluding diaryl/α,β-unsaturated/α-hetero) is 1. The minimum atomic E-state index is -1.74. The van der Waals surface area contributed by atoms with Crippen molar-refractivity contribution in [3.8, 4) is 0 Å². The molecule has 1 rings (SSSR count). The Morgan fingerprint density at radius 3 is 2.39 bits per heavy atom. The van der Waals surface area contributed by atoms with Gasteiger partial charge in [0.15, 0.2) is 14.1 Å². The summed E-state index contributed by atoms with van der Waals surface area (Å²) in [5.41, 5.74) is 0.906. The SMILES string of the molecule is CC1=C[C@H](C)[C@@H](O[Si](C)(C)C(C)(C)C)CCC1=O. The van der Waals surface area contributed by atoms with Crippen LogP contribution in [0.15, 0.2) is 11.6 Å². The zero-order chi connectivity index (χ0) is 14.1. The first kappa shape index (κ1) is 15.6. The third kappa shape index (κ3) is 3.54. The van der Waals surface area contributed by atoms with Crippen LogP contribution in [-0.2, 0) is 9.22 Å². The average Bonchev–Trinajstić information content (AvgIpc) is 2.30. The van der Waals surface area contributed by atoms with E-state index in [0.717, 1.165) is 12.0 Å². The molecule has 0 saturated heterocycles. The highest BCUT2D eigenvalue weighted by Crippen LogP contribution is 2.39. The summed E-state index contributed by atoms with van der Waals surface area (Å²) in [4.78, 5) is 11.8. The van der Waals surface area contributed by atoms with Crippen LogP contribution in [0, 0.1) is 5.92 Å². The lowest BCUT2D eigenvalue weighted by atomic mass is 10.0. The maximum atomic E-state index is 11.8. The second-order valence-electron chi connectivity index (χ2n) is 7.09. The van der Waals surface area contributed by atoms with Crippen LogP contribution < -0.4 is 0 Å². The lowest BCUT2D eigenvalue weighted by Gasteiger charge is -2.40. The maximum Gasteiger partial charge on any atom is 0.192 e. The van der Waals surface area contributed by atoms with Crippen LogP contribution in [0.25, 0.3) is 0 Å². The quantitative estimate of drug-likeness (QED) is 0.697. The van der Waals surface area contributed by atoms with E-state index >= 15 is 0 Å². The van der Waals surface area contributed by atoms with Crippen molar-refractivity contribution in [1.29, 1.82) is 0 Å². The minimum Gasteiger partial charge on any atom is -0.413 e. The average molecular weight is 268 g/mol. The van der Waals surface area contributed by atoms with Crippen molar-refractivity contribution in [2.75, 3.05) is 0 Å². The van der Waals surface area contributed by atoms with Crippen molar-refractivity contribution < 1.29 is 9.22 Å². The van der Waals surface area contributed by atoms with Crippen molar-refractivity contribution in [3.63, 3.8) is 0 Å². The van der Waals surface area contributed by atoms with Crippen LogP contribution in [0.5, 0.6) is 0 Å². The van der Waals surface area contributed by atoms with Crippen LogP contribution in [-0.4, -0.2) is 20.2 Å². The number of hydrogen-bond donors (Lipinski definition) is 0. The number of allylic oxidation sites excluding steroid dienone is 1. The molecule has 0 heterocycles. The molecule has 0 aromatic carbocycles. The summed E-state index contributed by atoms with van der Waals surface area (Å²) in [5, 5.41) is 0.224. The number of carbonyl (C=O) groups is 1. The highest BCUT2D eigenvalue weighted by Gasteiger charge is 2.40. The standard InChI is InChI=1S/C15H28O2Si/c1-11-10-12(2)14(9-8-13(11)16)17-18(6,7)15(3,4)5/h10,12,14H,8-9H2,1-7H3/t12-,14-/m0/s1. The van der Waals surface area contributed by atoms with Gasteiger partial charge in [-0.3, -0.25) is 4.79 Å². The molecule has 0 amide bonds. The molecule has 2 nitrogen and oxygen atoms in total. The van der Waals surface area contributed by atoms with Crippen molar-refractivity contribution in [3.05, 3.63) is 11.6 Å². The third-order valence-corrected chi connectivity index (χ3v) is 8.95. The van der Waals surface area contributed by atoms with Crippen LogP contribution >= 0.6 is 0 Å². The van der Waals surface area contributed by atoms with Gasteiger partial charge in [0.2, 0.25) is 0 Å². The fourth-order valence-corrected chi connectivity index (χ4v) is 3.49. The zero-order valence-corrected chi connectivity index (χ0v) is 14.0. The van der Waals surface area contributed by atoms with Crippen LogP contribution in [0.2, 0.25) is 18.1 Å². The largest absolute Gasteiger partial charge is 0.413 e. The van der Waals surface area contributed by atoms with Gasteiger partial charge in [0.1, 0.15) is 0 Å². The molecule has 18 heavy (non-hydrogen) atoms. The Labute approximate surface area is 113 Å². The Morgan fingerprint density at radius 1 is 1.33 bits per heavy atom. The molecule has 1 aliphatic carbocycles. The predicted octanol–water partition coefficient (Wildman–Crippen LogP) is 4.32. The Bertz CT molecular complexity index is 350. The van der Waals surface area contributed by atoms with Gasteiger partial charge in [-0.1, -0.05) is 33.8 Å². The Kier molecular flexibility index (Phi) is 4.60. The summed E-state index contributed by atoms with van der Waals surface area (Å²) in [6, 6.07) is 0. The molecule has 3 heteroatoms. The zero-order valence-electron chi connectivity index (χ0n) is 13.0. The smallest absolute Gasteiger partial charge is 0.192 e. The molecule has 0 saturated carbocycles. The van der Waals surface area contributed by atoms with E-state index in [1.807, 2.05) is 6.92 Å². The second kappa shape index (κ2) is 5.30.